The average molecular weight is 271 g/mol. The predicted octanol–water partition coefficient (Wildman–Crippen LogP) is -0.977. The molecule has 0 aromatic carbocycles. The third-order valence-corrected chi connectivity index (χ3v) is 6.52. The van der Waals surface area contributed by atoms with Crippen molar-refractivity contribution in [3.8, 4) is 0 Å². The van der Waals surface area contributed by atoms with Gasteiger partial charge in [0.25, 0.3) is 0 Å². The number of hydrogen-bond acceptors (Lipinski definition) is 5. The molecule has 0 aromatic heterocycles. The molecule has 0 saturated carbocycles. The molecule has 1 fully saturated rings. The zero-order chi connectivity index (χ0) is 12.4. The van der Waals surface area contributed by atoms with E-state index in [2.05, 4.69) is 0 Å². The molecule has 1 atom stereocenters. The van der Waals surface area contributed by atoms with Crippen molar-refractivity contribution in [1.82, 2.24) is 4.31 Å². The molecule has 0 radical (unpaired) electrons. The van der Waals surface area contributed by atoms with Crippen LogP contribution in [0, 0.1) is 5.92 Å². The normalized spacial score (nSPS) is 24.5. The van der Waals surface area contributed by atoms with E-state index in [9.17, 15) is 16.8 Å². The highest BCUT2D eigenvalue weighted by Crippen LogP contribution is 2.19. The summed E-state index contributed by atoms with van der Waals surface area (Å²) in [6, 6.07) is 0. The lowest BCUT2D eigenvalue weighted by atomic mass is 10.0. The molecule has 0 aliphatic carbocycles. The quantitative estimate of drug-likeness (QED) is 0.710. The first-order valence-electron chi connectivity index (χ1n) is 5.01. The zero-order valence-electron chi connectivity index (χ0n) is 9.16. The van der Waals surface area contributed by atoms with Crippen LogP contribution in [-0.4, -0.2) is 57.3 Å². The van der Waals surface area contributed by atoms with Gasteiger partial charge in [0, 0.05) is 26.0 Å². The van der Waals surface area contributed by atoms with Crippen molar-refractivity contribution in [3.05, 3.63) is 0 Å². The number of sulfone groups is 1. The van der Waals surface area contributed by atoms with Crippen LogP contribution in [0.2, 0.25) is 0 Å². The van der Waals surface area contributed by atoms with Crippen molar-refractivity contribution in [2.24, 2.45) is 5.92 Å². The van der Waals surface area contributed by atoms with Gasteiger partial charge in [0.1, 0.15) is 0 Å². The van der Waals surface area contributed by atoms with Crippen molar-refractivity contribution in [1.29, 1.82) is 0 Å². The summed E-state index contributed by atoms with van der Waals surface area (Å²) in [5.74, 6) is -0.0805. The molecule has 1 aliphatic heterocycles. The van der Waals surface area contributed by atoms with Crippen LogP contribution in [0.25, 0.3) is 0 Å². The van der Waals surface area contributed by atoms with E-state index in [4.69, 9.17) is 5.11 Å². The van der Waals surface area contributed by atoms with Crippen molar-refractivity contribution in [2.45, 2.75) is 12.8 Å². The van der Waals surface area contributed by atoms with Crippen LogP contribution in [0.5, 0.6) is 0 Å². The fourth-order valence-corrected chi connectivity index (χ4v) is 5.38. The Morgan fingerprint density at radius 3 is 2.44 bits per heavy atom. The number of piperidine rings is 1. The van der Waals surface area contributed by atoms with E-state index < -0.39 is 24.9 Å². The molecular weight excluding hydrogens is 254 g/mol. The molecule has 0 spiro atoms. The third kappa shape index (κ3) is 4.00. The van der Waals surface area contributed by atoms with Gasteiger partial charge in [-0.25, -0.2) is 21.1 Å². The van der Waals surface area contributed by atoms with Gasteiger partial charge in [-0.3, -0.25) is 0 Å². The minimum Gasteiger partial charge on any atom is -0.396 e. The summed E-state index contributed by atoms with van der Waals surface area (Å²) < 4.78 is 46.6. The molecule has 0 bridgehead atoms. The Morgan fingerprint density at radius 1 is 1.31 bits per heavy atom. The van der Waals surface area contributed by atoms with Crippen LogP contribution >= 0.6 is 0 Å². The fraction of sp³-hybridized carbons (Fsp3) is 1.00. The number of aliphatic hydroxyl groups is 1. The zero-order valence-corrected chi connectivity index (χ0v) is 10.8. The Labute approximate surface area is 96.2 Å². The minimum absolute atomic E-state index is 0.0646. The van der Waals surface area contributed by atoms with Crippen LogP contribution in [0.4, 0.5) is 0 Å². The SMILES string of the molecule is CS(=O)(=O)CS(=O)(=O)N1CCCC(CO)C1. The van der Waals surface area contributed by atoms with Gasteiger partial charge in [-0.05, 0) is 18.8 Å². The van der Waals surface area contributed by atoms with Crippen LogP contribution in [-0.2, 0) is 19.9 Å². The van der Waals surface area contributed by atoms with Gasteiger partial charge in [0.2, 0.25) is 10.0 Å². The van der Waals surface area contributed by atoms with E-state index in [0.29, 0.717) is 13.0 Å². The van der Waals surface area contributed by atoms with Gasteiger partial charge < -0.3 is 5.11 Å². The molecule has 1 aliphatic rings. The Hall–Kier alpha value is -0.180. The summed E-state index contributed by atoms with van der Waals surface area (Å²) in [7, 11) is -7.30. The van der Waals surface area contributed by atoms with E-state index >= 15 is 0 Å². The minimum atomic E-state index is -3.75. The first-order valence-corrected chi connectivity index (χ1v) is 8.68. The molecule has 16 heavy (non-hydrogen) atoms. The second-order valence-electron chi connectivity index (χ2n) is 4.20. The highest BCUT2D eigenvalue weighted by atomic mass is 32.3. The van der Waals surface area contributed by atoms with Crippen LogP contribution in [0.1, 0.15) is 12.8 Å². The van der Waals surface area contributed by atoms with Crippen LogP contribution in [0.3, 0.4) is 0 Å². The summed E-state index contributed by atoms with van der Waals surface area (Å²) in [4.78, 5) is 0. The number of nitrogens with zero attached hydrogens (tertiary/aromatic N) is 1. The molecule has 1 unspecified atom stereocenters. The predicted molar refractivity (Wildman–Crippen MR) is 60.0 cm³/mol. The Bertz CT molecular complexity index is 427. The van der Waals surface area contributed by atoms with E-state index in [1.807, 2.05) is 0 Å². The second kappa shape index (κ2) is 4.99. The Morgan fingerprint density at radius 2 is 1.94 bits per heavy atom. The summed E-state index contributed by atoms with van der Waals surface area (Å²) in [5, 5.41) is 8.12. The van der Waals surface area contributed by atoms with E-state index in [1.165, 1.54) is 4.31 Å². The second-order valence-corrected chi connectivity index (χ2v) is 8.68. The van der Waals surface area contributed by atoms with E-state index in [0.717, 1.165) is 12.7 Å². The van der Waals surface area contributed by atoms with Gasteiger partial charge in [-0.2, -0.15) is 0 Å². The maximum absolute atomic E-state index is 11.7. The molecule has 96 valence electrons. The smallest absolute Gasteiger partial charge is 0.228 e. The molecule has 6 nitrogen and oxygen atoms in total. The summed E-state index contributed by atoms with van der Waals surface area (Å²) in [5.41, 5.74) is 0. The standard InChI is InChI=1S/C8H17NO5S2/c1-15(11,12)7-16(13,14)9-4-2-3-8(5-9)6-10/h8,10H,2-7H2,1H3. The Balaban J connectivity index is 2.76. The highest BCUT2D eigenvalue weighted by Gasteiger charge is 2.30. The molecular formula is C8H17NO5S2. The van der Waals surface area contributed by atoms with Gasteiger partial charge in [-0.15, -0.1) is 0 Å². The lowest BCUT2D eigenvalue weighted by molar-refractivity contribution is 0.166. The van der Waals surface area contributed by atoms with Crippen molar-refractivity contribution in [3.63, 3.8) is 0 Å². The average Bonchev–Trinajstić information content (AvgIpc) is 2.14. The number of sulfonamides is 1. The topological polar surface area (TPSA) is 91.8 Å². The maximum Gasteiger partial charge on any atom is 0.228 e. The molecule has 0 amide bonds. The Kier molecular flexibility index (Phi) is 4.33. The molecule has 8 heteroatoms. The van der Waals surface area contributed by atoms with Crippen molar-refractivity contribution < 1.29 is 21.9 Å². The number of rotatable bonds is 4. The molecule has 1 heterocycles. The summed E-state index contributed by atoms with van der Waals surface area (Å²) in [6.45, 7) is 0.494. The van der Waals surface area contributed by atoms with E-state index in [-0.39, 0.29) is 19.1 Å². The summed E-state index contributed by atoms with van der Waals surface area (Å²) >= 11 is 0. The molecule has 1 saturated heterocycles. The van der Waals surface area contributed by atoms with Gasteiger partial charge in [0.05, 0.1) is 0 Å². The number of hydrogen-bond donors (Lipinski definition) is 1. The third-order valence-electron chi connectivity index (χ3n) is 2.50. The van der Waals surface area contributed by atoms with Gasteiger partial charge in [0.15, 0.2) is 14.9 Å². The lowest BCUT2D eigenvalue weighted by Crippen LogP contribution is -2.43. The van der Waals surface area contributed by atoms with E-state index in [1.54, 1.807) is 0 Å². The van der Waals surface area contributed by atoms with Gasteiger partial charge >= 0.3 is 0 Å². The van der Waals surface area contributed by atoms with Crippen molar-refractivity contribution in [2.75, 3.05) is 31.0 Å². The largest absolute Gasteiger partial charge is 0.396 e. The maximum atomic E-state index is 11.7. The van der Waals surface area contributed by atoms with Crippen LogP contribution in [0.15, 0.2) is 0 Å². The molecule has 0 aromatic rings. The summed E-state index contributed by atoms with van der Waals surface area (Å²) in [6.07, 6.45) is 2.34. The lowest BCUT2D eigenvalue weighted by Gasteiger charge is -2.30. The first kappa shape index (κ1) is 13.9. The van der Waals surface area contributed by atoms with Crippen LogP contribution < -0.4 is 0 Å². The fourth-order valence-electron chi connectivity index (χ4n) is 1.77. The molecule has 1 rings (SSSR count). The van der Waals surface area contributed by atoms with Crippen molar-refractivity contribution >= 4 is 19.9 Å². The monoisotopic (exact) mass is 271 g/mol. The number of aliphatic hydroxyl groups excluding tert-OH is 1. The molecule has 1 N–H and O–H groups in total. The highest BCUT2D eigenvalue weighted by molar-refractivity contribution is 8.06. The first-order chi connectivity index (χ1) is 7.24. The van der Waals surface area contributed by atoms with Gasteiger partial charge in [-0.1, -0.05) is 0 Å².